The first-order valence-corrected chi connectivity index (χ1v) is 10.4. The number of benzene rings is 2. The minimum atomic E-state index is -0.763. The lowest BCUT2D eigenvalue weighted by atomic mass is 9.86. The first-order valence-electron chi connectivity index (χ1n) is 9.37. The van der Waals surface area contributed by atoms with E-state index < -0.39 is 23.1 Å². The van der Waals surface area contributed by atoms with Crippen molar-refractivity contribution in [2.75, 3.05) is 5.32 Å². The molecule has 0 spiro atoms. The summed E-state index contributed by atoms with van der Waals surface area (Å²) in [5.41, 5.74) is 2.19. The minimum absolute atomic E-state index is 0.0808. The Morgan fingerprint density at radius 3 is 2.60 bits per heavy atom. The number of halogens is 2. The van der Waals surface area contributed by atoms with E-state index >= 15 is 0 Å². The summed E-state index contributed by atoms with van der Waals surface area (Å²) in [6.45, 7) is 2.01. The molecule has 4 rings (SSSR count). The Bertz CT molecular complexity index is 1190. The summed E-state index contributed by atoms with van der Waals surface area (Å²) in [4.78, 5) is 29.4. The summed E-state index contributed by atoms with van der Waals surface area (Å²) >= 11 is 1.38. The van der Waals surface area contributed by atoms with Crippen LogP contribution in [-0.2, 0) is 17.6 Å². The normalized spacial score (nSPS) is 15.6. The molecule has 2 aromatic carbocycles. The zero-order valence-corrected chi connectivity index (χ0v) is 17.2. The van der Waals surface area contributed by atoms with E-state index in [2.05, 4.69) is 16.4 Å². The van der Waals surface area contributed by atoms with E-state index in [0.717, 1.165) is 29.3 Å². The molecule has 0 fully saturated rings. The van der Waals surface area contributed by atoms with Crippen LogP contribution in [0.25, 0.3) is 0 Å². The molecule has 1 aliphatic heterocycles. The molecule has 8 heteroatoms. The zero-order chi connectivity index (χ0) is 21.4. The third-order valence-electron chi connectivity index (χ3n) is 5.04. The van der Waals surface area contributed by atoms with Crippen molar-refractivity contribution in [3.8, 4) is 0 Å². The van der Waals surface area contributed by atoms with Gasteiger partial charge in [0.05, 0.1) is 5.56 Å². The summed E-state index contributed by atoms with van der Waals surface area (Å²) in [5.74, 6) is -1.69. The number of aryl methyl sites for hydroxylation is 1. The standard InChI is InChI=1S/C22H19F2N3O2S/c1-12-4-3-5-13(6-12)11-30-22-26-21(29)19-17(10-18(28)25-20(19)27(22)2)14-7-15(23)9-16(24)8-14/h3-9,17H,10-11H2,1-2H3,(H,25,28)/t17-/m1/s1. The van der Waals surface area contributed by atoms with Crippen LogP contribution >= 0.6 is 11.8 Å². The second-order valence-electron chi connectivity index (χ2n) is 7.31. The quantitative estimate of drug-likeness (QED) is 0.502. The number of amides is 1. The molecule has 1 aliphatic rings. The van der Waals surface area contributed by atoms with E-state index in [0.29, 0.717) is 16.7 Å². The Hall–Kier alpha value is -3.00. The van der Waals surface area contributed by atoms with E-state index in [4.69, 9.17) is 0 Å². The van der Waals surface area contributed by atoms with Crippen molar-refractivity contribution < 1.29 is 13.6 Å². The first kappa shape index (κ1) is 20.3. The Morgan fingerprint density at radius 1 is 1.17 bits per heavy atom. The number of rotatable bonds is 4. The number of hydrogen-bond donors (Lipinski definition) is 1. The van der Waals surface area contributed by atoms with Crippen molar-refractivity contribution in [1.29, 1.82) is 0 Å². The maximum absolute atomic E-state index is 13.7. The summed E-state index contributed by atoms with van der Waals surface area (Å²) in [6.07, 6.45) is -0.0808. The van der Waals surface area contributed by atoms with Gasteiger partial charge >= 0.3 is 0 Å². The highest BCUT2D eigenvalue weighted by molar-refractivity contribution is 7.98. The monoisotopic (exact) mass is 427 g/mol. The molecule has 0 radical (unpaired) electrons. The van der Waals surface area contributed by atoms with Gasteiger partial charge in [-0.15, -0.1) is 0 Å². The number of carbonyl (C=O) groups excluding carboxylic acids is 1. The van der Waals surface area contributed by atoms with Gasteiger partial charge in [-0.25, -0.2) is 8.78 Å². The molecule has 3 aromatic rings. The number of fused-ring (bicyclic) bond motifs is 1. The minimum Gasteiger partial charge on any atom is -0.312 e. The fraction of sp³-hybridized carbons (Fsp3) is 0.227. The summed E-state index contributed by atoms with van der Waals surface area (Å²) in [5, 5.41) is 3.18. The molecule has 1 aromatic heterocycles. The lowest BCUT2D eigenvalue weighted by molar-refractivity contribution is -0.116. The molecule has 1 N–H and O–H groups in total. The van der Waals surface area contributed by atoms with Crippen LogP contribution in [0, 0.1) is 18.6 Å². The van der Waals surface area contributed by atoms with Crippen molar-refractivity contribution in [2.24, 2.45) is 7.05 Å². The molecule has 2 heterocycles. The van der Waals surface area contributed by atoms with Crippen LogP contribution in [0.2, 0.25) is 0 Å². The Labute approximate surface area is 176 Å². The van der Waals surface area contributed by atoms with E-state index in [1.165, 1.54) is 11.8 Å². The molecule has 30 heavy (non-hydrogen) atoms. The highest BCUT2D eigenvalue weighted by Gasteiger charge is 2.32. The third kappa shape index (κ3) is 4.00. The number of carbonyl (C=O) groups is 1. The van der Waals surface area contributed by atoms with Gasteiger partial charge in [0.2, 0.25) is 5.91 Å². The molecular weight excluding hydrogens is 408 g/mol. The molecule has 0 unspecified atom stereocenters. The SMILES string of the molecule is Cc1cccc(CSc2nc(=O)c3c(n2C)NC(=O)C[C@@H]3c2cc(F)cc(F)c2)c1. The fourth-order valence-electron chi connectivity index (χ4n) is 3.68. The predicted molar refractivity (Wildman–Crippen MR) is 112 cm³/mol. The molecule has 1 amide bonds. The molecule has 5 nitrogen and oxygen atoms in total. The number of nitrogens with one attached hydrogen (secondary N) is 1. The van der Waals surface area contributed by atoms with Gasteiger partial charge < -0.3 is 9.88 Å². The average molecular weight is 427 g/mol. The smallest absolute Gasteiger partial charge is 0.279 e. The van der Waals surface area contributed by atoms with Crippen LogP contribution < -0.4 is 10.9 Å². The summed E-state index contributed by atoms with van der Waals surface area (Å²) in [7, 11) is 1.71. The van der Waals surface area contributed by atoms with Gasteiger partial charge in [-0.05, 0) is 30.2 Å². The van der Waals surface area contributed by atoms with Crippen molar-refractivity contribution in [3.63, 3.8) is 0 Å². The van der Waals surface area contributed by atoms with Gasteiger partial charge in [0.15, 0.2) is 5.16 Å². The average Bonchev–Trinajstić information content (AvgIpc) is 2.68. The molecule has 0 saturated heterocycles. The third-order valence-corrected chi connectivity index (χ3v) is 6.14. The summed E-state index contributed by atoms with van der Waals surface area (Å²) < 4.78 is 29.1. The van der Waals surface area contributed by atoms with Gasteiger partial charge in [-0.2, -0.15) is 4.98 Å². The number of aromatic nitrogens is 2. The summed E-state index contributed by atoms with van der Waals surface area (Å²) in [6, 6.07) is 11.1. The van der Waals surface area contributed by atoms with Crippen LogP contribution in [0.4, 0.5) is 14.6 Å². The van der Waals surface area contributed by atoms with Gasteiger partial charge in [0.1, 0.15) is 17.5 Å². The van der Waals surface area contributed by atoms with E-state index in [9.17, 15) is 18.4 Å². The largest absolute Gasteiger partial charge is 0.312 e. The van der Waals surface area contributed by atoms with Gasteiger partial charge in [-0.3, -0.25) is 9.59 Å². The second-order valence-corrected chi connectivity index (χ2v) is 8.25. The maximum Gasteiger partial charge on any atom is 0.279 e. The highest BCUT2D eigenvalue weighted by atomic mass is 32.2. The van der Waals surface area contributed by atoms with Crippen LogP contribution in [0.5, 0.6) is 0 Å². The van der Waals surface area contributed by atoms with Crippen LogP contribution in [0.15, 0.2) is 52.4 Å². The van der Waals surface area contributed by atoms with Crippen LogP contribution in [0.1, 0.15) is 34.6 Å². The van der Waals surface area contributed by atoms with Crippen LogP contribution in [0.3, 0.4) is 0 Å². The number of anilines is 1. The Morgan fingerprint density at radius 2 is 1.90 bits per heavy atom. The van der Waals surface area contributed by atoms with E-state index in [-0.39, 0.29) is 23.5 Å². The van der Waals surface area contributed by atoms with Gasteiger partial charge in [-0.1, -0.05) is 41.6 Å². The topological polar surface area (TPSA) is 64.0 Å². The van der Waals surface area contributed by atoms with Gasteiger partial charge in [0, 0.05) is 31.2 Å². The Kier molecular flexibility index (Phi) is 5.42. The molecule has 0 bridgehead atoms. The molecule has 154 valence electrons. The van der Waals surface area contributed by atoms with E-state index in [1.807, 2.05) is 25.1 Å². The maximum atomic E-state index is 13.7. The number of thioether (sulfide) groups is 1. The second kappa shape index (κ2) is 8.02. The number of nitrogens with zero attached hydrogens (tertiary/aromatic N) is 2. The van der Waals surface area contributed by atoms with E-state index in [1.54, 1.807) is 11.6 Å². The van der Waals surface area contributed by atoms with Crippen molar-refractivity contribution >= 4 is 23.5 Å². The lowest BCUT2D eigenvalue weighted by Gasteiger charge is -2.27. The predicted octanol–water partition coefficient (Wildman–Crippen LogP) is 4.13. The van der Waals surface area contributed by atoms with Crippen molar-refractivity contribution in [3.05, 3.63) is 86.7 Å². The molecule has 0 aliphatic carbocycles. The molecular formula is C22H19F2N3O2S. The van der Waals surface area contributed by atoms with Crippen LogP contribution in [-0.4, -0.2) is 15.5 Å². The number of hydrogen-bond acceptors (Lipinski definition) is 4. The van der Waals surface area contributed by atoms with Crippen molar-refractivity contribution in [1.82, 2.24) is 9.55 Å². The lowest BCUT2D eigenvalue weighted by Crippen LogP contribution is -2.33. The molecule has 1 atom stereocenters. The Balaban J connectivity index is 1.73. The van der Waals surface area contributed by atoms with Crippen molar-refractivity contribution in [2.45, 2.75) is 30.2 Å². The fourth-order valence-corrected chi connectivity index (χ4v) is 4.58. The highest BCUT2D eigenvalue weighted by Crippen LogP contribution is 2.36. The zero-order valence-electron chi connectivity index (χ0n) is 16.4. The molecule has 0 saturated carbocycles. The first-order chi connectivity index (χ1) is 14.3. The van der Waals surface area contributed by atoms with Gasteiger partial charge in [0.25, 0.3) is 5.56 Å².